The molecule has 3 heterocycles. The third-order valence-corrected chi connectivity index (χ3v) is 7.18. The summed E-state index contributed by atoms with van der Waals surface area (Å²) in [6, 6.07) is -3.94. The third-order valence-electron chi connectivity index (χ3n) is 7.18. The molecule has 3 aliphatic heterocycles. The van der Waals surface area contributed by atoms with Gasteiger partial charge in [-0.05, 0) is 38.0 Å². The Labute approximate surface area is 210 Å². The van der Waals surface area contributed by atoms with Crippen LogP contribution in [0.1, 0.15) is 52.4 Å². The molecule has 37 heavy (non-hydrogen) atoms. The van der Waals surface area contributed by atoms with Crippen LogP contribution in [0, 0.1) is 29.1 Å². The van der Waals surface area contributed by atoms with Crippen molar-refractivity contribution in [3.63, 3.8) is 0 Å². The number of hydrogen-bond acceptors (Lipinski definition) is 5. The quantitative estimate of drug-likeness (QED) is 0.407. The number of rotatable bonds is 8. The van der Waals surface area contributed by atoms with Crippen molar-refractivity contribution in [3.8, 4) is 6.07 Å². The van der Waals surface area contributed by atoms with Gasteiger partial charge in [0.2, 0.25) is 17.7 Å². The highest BCUT2D eigenvalue weighted by molar-refractivity contribution is 5.94. The van der Waals surface area contributed by atoms with Gasteiger partial charge in [-0.15, -0.1) is 0 Å². The van der Waals surface area contributed by atoms with Gasteiger partial charge in [0, 0.05) is 24.9 Å². The fraction of sp³-hybridized carbons (Fsp3) is 0.783. The minimum absolute atomic E-state index is 0.0587. The Morgan fingerprint density at radius 2 is 1.86 bits per heavy atom. The number of nitriles is 1. The van der Waals surface area contributed by atoms with Crippen LogP contribution >= 0.6 is 0 Å². The van der Waals surface area contributed by atoms with E-state index in [0.29, 0.717) is 13.0 Å². The molecule has 14 heteroatoms. The number of carbonyl (C=O) groups excluding carboxylic acids is 4. The number of alkyl halides is 5. The van der Waals surface area contributed by atoms with Crippen LogP contribution in [0.2, 0.25) is 0 Å². The standard InChI is InChI=1S/C23H30F5N5O4/c1-11(2)7-16(32-21(37)23(26,27)28)20(36)33-14-3-4-15(22(24,25)9-14)17(33)19(35)31-13(10-29)8-12-5-6-30-18(12)34/h11-17H,3-9H2,1-2H3,(H,30,34)(H,31,35)(H,32,37)/t12-,13+,14+,15+,16+,17+/m0/s1. The number of nitrogens with one attached hydrogen (secondary N) is 3. The van der Waals surface area contributed by atoms with Crippen molar-refractivity contribution in [1.29, 1.82) is 5.26 Å². The Bertz CT molecular complexity index is 966. The first-order valence-electron chi connectivity index (χ1n) is 12.2. The van der Waals surface area contributed by atoms with E-state index in [4.69, 9.17) is 0 Å². The smallest absolute Gasteiger partial charge is 0.356 e. The van der Waals surface area contributed by atoms with E-state index in [1.807, 2.05) is 6.07 Å². The molecule has 1 aliphatic carbocycles. The van der Waals surface area contributed by atoms with Gasteiger partial charge in [-0.2, -0.15) is 18.4 Å². The number of fused-ring (bicyclic) bond motifs is 3. The molecular formula is C23H30F5N5O4. The topological polar surface area (TPSA) is 131 Å². The van der Waals surface area contributed by atoms with Crippen LogP contribution in [0.3, 0.4) is 0 Å². The Morgan fingerprint density at radius 1 is 1.19 bits per heavy atom. The maximum atomic E-state index is 14.9. The van der Waals surface area contributed by atoms with Crippen LogP contribution < -0.4 is 16.0 Å². The fourth-order valence-electron chi connectivity index (χ4n) is 5.49. The Hall–Kier alpha value is -2.98. The molecule has 0 unspecified atom stereocenters. The summed E-state index contributed by atoms with van der Waals surface area (Å²) in [6.45, 7) is 3.62. The highest BCUT2D eigenvalue weighted by Crippen LogP contribution is 2.49. The first-order valence-corrected chi connectivity index (χ1v) is 12.2. The minimum Gasteiger partial charge on any atom is -0.356 e. The number of piperidine rings is 2. The van der Waals surface area contributed by atoms with Crippen LogP contribution in [-0.4, -0.2) is 71.3 Å². The monoisotopic (exact) mass is 535 g/mol. The van der Waals surface area contributed by atoms with Gasteiger partial charge < -0.3 is 20.9 Å². The van der Waals surface area contributed by atoms with Gasteiger partial charge in [-0.25, -0.2) is 8.78 Å². The maximum Gasteiger partial charge on any atom is 0.471 e. The van der Waals surface area contributed by atoms with E-state index in [0.717, 1.165) is 4.90 Å². The van der Waals surface area contributed by atoms with Crippen molar-refractivity contribution >= 4 is 23.6 Å². The third kappa shape index (κ3) is 6.30. The van der Waals surface area contributed by atoms with E-state index >= 15 is 0 Å². The molecule has 4 aliphatic rings. The number of hydrogen-bond donors (Lipinski definition) is 3. The van der Waals surface area contributed by atoms with Crippen molar-refractivity contribution in [1.82, 2.24) is 20.9 Å². The molecule has 1 saturated carbocycles. The second kappa shape index (κ2) is 10.8. The second-order valence-corrected chi connectivity index (χ2v) is 10.3. The summed E-state index contributed by atoms with van der Waals surface area (Å²) in [4.78, 5) is 51.1. The molecule has 0 radical (unpaired) electrons. The normalized spacial score (nSPS) is 28.3. The zero-order chi connectivity index (χ0) is 27.7. The predicted octanol–water partition coefficient (Wildman–Crippen LogP) is 1.63. The minimum atomic E-state index is -5.27. The molecular weight excluding hydrogens is 505 g/mol. The molecule has 0 aromatic carbocycles. The average Bonchev–Trinajstić information content (AvgIpc) is 3.19. The zero-order valence-corrected chi connectivity index (χ0v) is 20.4. The number of carbonyl (C=O) groups is 4. The zero-order valence-electron chi connectivity index (χ0n) is 20.4. The van der Waals surface area contributed by atoms with E-state index in [1.165, 1.54) is 0 Å². The number of halogens is 5. The highest BCUT2D eigenvalue weighted by Gasteiger charge is 2.61. The van der Waals surface area contributed by atoms with Crippen molar-refractivity contribution in [2.75, 3.05) is 6.54 Å². The Morgan fingerprint density at radius 3 is 2.38 bits per heavy atom. The molecule has 4 rings (SSSR count). The summed E-state index contributed by atoms with van der Waals surface area (Å²) in [7, 11) is 0. The lowest BCUT2D eigenvalue weighted by atomic mass is 9.71. The van der Waals surface area contributed by atoms with Gasteiger partial charge in [0.25, 0.3) is 5.92 Å². The van der Waals surface area contributed by atoms with Crippen molar-refractivity contribution in [2.45, 2.75) is 88.6 Å². The lowest BCUT2D eigenvalue weighted by Gasteiger charge is -2.54. The lowest BCUT2D eigenvalue weighted by molar-refractivity contribution is -0.196. The van der Waals surface area contributed by atoms with Gasteiger partial charge in [0.15, 0.2) is 0 Å². The van der Waals surface area contributed by atoms with Gasteiger partial charge in [0.05, 0.1) is 12.0 Å². The van der Waals surface area contributed by atoms with E-state index in [-0.39, 0.29) is 37.5 Å². The van der Waals surface area contributed by atoms with E-state index in [2.05, 4.69) is 10.6 Å². The highest BCUT2D eigenvalue weighted by atomic mass is 19.4. The van der Waals surface area contributed by atoms with Crippen LogP contribution in [-0.2, 0) is 19.2 Å². The summed E-state index contributed by atoms with van der Waals surface area (Å²) in [5, 5.41) is 16.1. The summed E-state index contributed by atoms with van der Waals surface area (Å²) >= 11 is 0. The summed E-state index contributed by atoms with van der Waals surface area (Å²) < 4.78 is 68.5. The van der Waals surface area contributed by atoms with Gasteiger partial charge >= 0.3 is 12.1 Å². The van der Waals surface area contributed by atoms with Gasteiger partial charge in [-0.1, -0.05) is 13.8 Å². The fourth-order valence-corrected chi connectivity index (χ4v) is 5.49. The summed E-state index contributed by atoms with van der Waals surface area (Å²) in [5.74, 6) is -10.6. The second-order valence-electron chi connectivity index (χ2n) is 10.3. The molecule has 9 nitrogen and oxygen atoms in total. The van der Waals surface area contributed by atoms with E-state index < -0.39 is 72.2 Å². The van der Waals surface area contributed by atoms with Crippen LogP contribution in [0.25, 0.3) is 0 Å². The maximum absolute atomic E-state index is 14.9. The van der Waals surface area contributed by atoms with E-state index in [1.54, 1.807) is 19.2 Å². The van der Waals surface area contributed by atoms with Crippen molar-refractivity contribution in [3.05, 3.63) is 0 Å². The molecule has 3 N–H and O–H groups in total. The molecule has 3 saturated heterocycles. The summed E-state index contributed by atoms with van der Waals surface area (Å²) in [6.07, 6.45) is -5.87. The van der Waals surface area contributed by atoms with Gasteiger partial charge in [-0.3, -0.25) is 19.2 Å². The first-order chi connectivity index (χ1) is 17.2. The molecule has 4 amide bonds. The van der Waals surface area contributed by atoms with Gasteiger partial charge in [0.1, 0.15) is 18.1 Å². The first kappa shape index (κ1) is 28.6. The lowest BCUT2D eigenvalue weighted by Crippen LogP contribution is -2.71. The molecule has 0 aromatic rings. The SMILES string of the molecule is CC(C)C[C@@H](NC(=O)C(F)(F)F)C(=O)N1[C@@H]2CC[C@H]([C@@H]1C(=O)N[C@@H](C#N)C[C@@H]1CCNC1=O)C(F)(F)C2. The molecule has 2 bridgehead atoms. The van der Waals surface area contributed by atoms with Crippen LogP contribution in [0.5, 0.6) is 0 Å². The predicted molar refractivity (Wildman–Crippen MR) is 117 cm³/mol. The molecule has 6 atom stereocenters. The molecule has 4 fully saturated rings. The summed E-state index contributed by atoms with van der Waals surface area (Å²) in [5.41, 5.74) is 0. The van der Waals surface area contributed by atoms with E-state index in [9.17, 15) is 46.4 Å². The number of nitrogens with zero attached hydrogens (tertiary/aromatic N) is 2. The van der Waals surface area contributed by atoms with Crippen molar-refractivity contribution in [2.24, 2.45) is 17.8 Å². The van der Waals surface area contributed by atoms with Crippen LogP contribution in [0.15, 0.2) is 0 Å². The molecule has 206 valence electrons. The number of amides is 4. The average molecular weight is 536 g/mol. The largest absolute Gasteiger partial charge is 0.471 e. The van der Waals surface area contributed by atoms with Crippen molar-refractivity contribution < 1.29 is 41.1 Å². The Balaban J connectivity index is 1.87. The molecule has 0 aromatic heterocycles. The molecule has 0 spiro atoms. The van der Waals surface area contributed by atoms with Crippen LogP contribution in [0.4, 0.5) is 22.0 Å². The Kier molecular flexibility index (Phi) is 8.34.